The van der Waals surface area contributed by atoms with Gasteiger partial charge in [-0.25, -0.2) is 19.6 Å². The second kappa shape index (κ2) is 16.9. The number of alkyl carbamates (subject to hydrolysis) is 2. The zero-order valence-electron chi connectivity index (χ0n) is 32.1. The van der Waals surface area contributed by atoms with Crippen molar-refractivity contribution in [2.45, 2.75) is 66.3 Å². The normalized spacial score (nSPS) is 11.9. The van der Waals surface area contributed by atoms with Crippen LogP contribution in [0, 0.1) is 5.92 Å². The summed E-state index contributed by atoms with van der Waals surface area (Å²) < 4.78 is 15.6. The Balaban J connectivity index is 1.22. The van der Waals surface area contributed by atoms with E-state index in [4.69, 9.17) is 9.72 Å². The van der Waals surface area contributed by atoms with Gasteiger partial charge in [0.05, 0.1) is 50.2 Å². The summed E-state index contributed by atoms with van der Waals surface area (Å²) in [6.45, 7) is 9.20. The number of carbonyl (C=O) groups excluding carboxylic acids is 4. The number of aromatic nitrogens is 4. The fourth-order valence-electron chi connectivity index (χ4n) is 7.01. The third-order valence-electron chi connectivity index (χ3n) is 9.78. The number of ether oxygens (including phenoxy) is 3. The molecule has 0 atom stereocenters. The van der Waals surface area contributed by atoms with E-state index in [-0.39, 0.29) is 50.0 Å². The highest BCUT2D eigenvalue weighted by Crippen LogP contribution is 2.42. The number of rotatable bonds is 14. The maximum atomic E-state index is 13.2. The van der Waals surface area contributed by atoms with Gasteiger partial charge in [0.1, 0.15) is 37.1 Å². The van der Waals surface area contributed by atoms with Gasteiger partial charge in [-0.1, -0.05) is 45.9 Å². The minimum atomic E-state index is -0.659. The SMILES string of the molecule is CCC(CC)N(Cc1nc2c(ccc3cc4c(cc32)OCc2cc(-c3cnc(CN(CC(C)C)C(=O)CNC(=O)OC)[nH]3)ccc2-4)[nH]1)C(=O)CNC(=O)OC. The molecule has 0 radical (unpaired) electrons. The minimum absolute atomic E-state index is 0.0212. The molecule has 0 saturated heterocycles. The topological polar surface area (TPSA) is 184 Å². The van der Waals surface area contributed by atoms with Crippen molar-refractivity contribution in [1.82, 2.24) is 40.4 Å². The van der Waals surface area contributed by atoms with Crippen LogP contribution in [-0.2, 0) is 38.8 Å². The predicted molar refractivity (Wildman–Crippen MR) is 207 cm³/mol. The van der Waals surface area contributed by atoms with Crippen LogP contribution in [0.5, 0.6) is 5.75 Å². The molecule has 5 aromatic rings. The molecule has 0 aliphatic carbocycles. The molecule has 4 N–H and O–H groups in total. The average molecular weight is 753 g/mol. The van der Waals surface area contributed by atoms with Crippen molar-refractivity contribution in [3.8, 4) is 28.1 Å². The number of imidazole rings is 2. The van der Waals surface area contributed by atoms with Gasteiger partial charge in [-0.15, -0.1) is 0 Å². The monoisotopic (exact) mass is 752 g/mol. The predicted octanol–water partition coefficient (Wildman–Crippen LogP) is 5.88. The number of H-pyrrole nitrogens is 2. The lowest BCUT2D eigenvalue weighted by Gasteiger charge is -2.30. The third-order valence-corrected chi connectivity index (χ3v) is 9.78. The second-order valence-electron chi connectivity index (χ2n) is 14.0. The summed E-state index contributed by atoms with van der Waals surface area (Å²) in [6.07, 6.45) is 1.97. The van der Waals surface area contributed by atoms with E-state index < -0.39 is 12.2 Å². The van der Waals surface area contributed by atoms with Gasteiger partial charge in [0.15, 0.2) is 0 Å². The largest absolute Gasteiger partial charge is 0.488 e. The van der Waals surface area contributed by atoms with Gasteiger partial charge in [-0.3, -0.25) is 9.59 Å². The zero-order valence-corrected chi connectivity index (χ0v) is 32.1. The Bertz CT molecular complexity index is 2210. The summed E-state index contributed by atoms with van der Waals surface area (Å²) in [5.74, 6) is 1.81. The Kier molecular flexibility index (Phi) is 11.9. The highest BCUT2D eigenvalue weighted by molar-refractivity contribution is 6.07. The summed E-state index contributed by atoms with van der Waals surface area (Å²) in [4.78, 5) is 69.0. The highest BCUT2D eigenvalue weighted by atomic mass is 16.5. The van der Waals surface area contributed by atoms with E-state index in [0.717, 1.165) is 68.3 Å². The van der Waals surface area contributed by atoms with E-state index >= 15 is 0 Å². The number of nitrogens with one attached hydrogen (secondary N) is 4. The first-order valence-electron chi connectivity index (χ1n) is 18.5. The number of aromatic amines is 2. The third kappa shape index (κ3) is 8.66. The Hall–Kier alpha value is -6.12. The van der Waals surface area contributed by atoms with Gasteiger partial charge in [-0.2, -0.15) is 0 Å². The number of benzene rings is 3. The molecule has 1 aliphatic heterocycles. The zero-order chi connectivity index (χ0) is 39.2. The standard InChI is InChI=1S/C40H48N8O7/c1-7-27(8-2)48(37(50)18-43-40(52)54-6)21-35-44-31-12-10-24-14-30-28-11-9-25(13-26(28)22-55-33(30)15-29(24)38(31)46-35)32-16-41-34(45-32)20-47(19-23(3)4)36(49)17-42-39(51)53-5/h9-16,23,27H,7-8,17-22H2,1-6H3,(H,41,45)(H,42,51)(H,43,52)(H,44,46). The van der Waals surface area contributed by atoms with Crippen LogP contribution in [0.15, 0.2) is 48.7 Å². The Morgan fingerprint density at radius 3 is 2.29 bits per heavy atom. The lowest BCUT2D eigenvalue weighted by atomic mass is 9.92. The van der Waals surface area contributed by atoms with E-state index in [2.05, 4.69) is 59.3 Å². The molecule has 0 fully saturated rings. The Morgan fingerprint density at radius 1 is 0.873 bits per heavy atom. The van der Waals surface area contributed by atoms with E-state index in [1.807, 2.05) is 45.9 Å². The molecule has 0 spiro atoms. The van der Waals surface area contributed by atoms with Crippen molar-refractivity contribution in [2.24, 2.45) is 5.92 Å². The van der Waals surface area contributed by atoms with Crippen molar-refractivity contribution in [3.63, 3.8) is 0 Å². The van der Waals surface area contributed by atoms with E-state index in [1.165, 1.54) is 14.2 Å². The molecule has 0 bridgehead atoms. The van der Waals surface area contributed by atoms with Crippen molar-refractivity contribution >= 4 is 45.8 Å². The molecule has 55 heavy (non-hydrogen) atoms. The number of fused-ring (bicyclic) bond motifs is 6. The van der Waals surface area contributed by atoms with Crippen molar-refractivity contribution < 1.29 is 33.4 Å². The number of nitrogens with zero attached hydrogens (tertiary/aromatic N) is 4. The smallest absolute Gasteiger partial charge is 0.407 e. The van der Waals surface area contributed by atoms with Crippen molar-refractivity contribution in [3.05, 3.63) is 65.9 Å². The number of methoxy groups -OCH3 is 2. The first-order valence-corrected chi connectivity index (χ1v) is 18.5. The molecule has 3 aromatic carbocycles. The van der Waals surface area contributed by atoms with E-state index in [1.54, 1.807) is 16.0 Å². The Labute approximate surface area is 319 Å². The highest BCUT2D eigenvalue weighted by Gasteiger charge is 2.25. The van der Waals surface area contributed by atoms with Gasteiger partial charge in [-0.05, 0) is 65.1 Å². The quantitative estimate of drug-likeness (QED) is 0.108. The maximum absolute atomic E-state index is 13.2. The molecule has 15 heteroatoms. The maximum Gasteiger partial charge on any atom is 0.407 e. The van der Waals surface area contributed by atoms with Crippen LogP contribution >= 0.6 is 0 Å². The minimum Gasteiger partial charge on any atom is -0.488 e. The van der Waals surface area contributed by atoms with Crippen molar-refractivity contribution in [2.75, 3.05) is 33.9 Å². The van der Waals surface area contributed by atoms with E-state index in [9.17, 15) is 19.2 Å². The van der Waals surface area contributed by atoms with Crippen LogP contribution in [0.4, 0.5) is 9.59 Å². The first-order chi connectivity index (χ1) is 26.5. The van der Waals surface area contributed by atoms with Crippen LogP contribution in [0.1, 0.15) is 57.7 Å². The van der Waals surface area contributed by atoms with Crippen LogP contribution < -0.4 is 15.4 Å². The lowest BCUT2D eigenvalue weighted by molar-refractivity contribution is -0.133. The second-order valence-corrected chi connectivity index (χ2v) is 14.0. The van der Waals surface area contributed by atoms with E-state index in [0.29, 0.717) is 24.8 Å². The molecule has 290 valence electrons. The summed E-state index contributed by atoms with van der Waals surface area (Å²) in [5.41, 5.74) is 6.46. The number of amides is 4. The molecular formula is C40H48N8O7. The molecular weight excluding hydrogens is 704 g/mol. The first kappa shape index (κ1) is 38.6. The molecule has 3 heterocycles. The molecule has 6 rings (SSSR count). The number of hydrogen-bond donors (Lipinski definition) is 4. The number of carbonyl (C=O) groups is 4. The molecule has 2 aromatic heterocycles. The fraction of sp³-hybridized carbons (Fsp3) is 0.400. The lowest BCUT2D eigenvalue weighted by Crippen LogP contribution is -2.45. The molecule has 0 saturated carbocycles. The van der Waals surface area contributed by atoms with Gasteiger partial charge in [0, 0.05) is 23.5 Å². The van der Waals surface area contributed by atoms with Crippen LogP contribution in [-0.4, -0.2) is 93.6 Å². The Morgan fingerprint density at radius 2 is 1.60 bits per heavy atom. The summed E-state index contributed by atoms with van der Waals surface area (Å²) >= 11 is 0. The van der Waals surface area contributed by atoms with Gasteiger partial charge in [0.25, 0.3) is 0 Å². The molecule has 1 aliphatic rings. The fourth-order valence-corrected chi connectivity index (χ4v) is 7.01. The molecule has 15 nitrogen and oxygen atoms in total. The van der Waals surface area contributed by atoms with Crippen LogP contribution in [0.3, 0.4) is 0 Å². The van der Waals surface area contributed by atoms with Gasteiger partial charge < -0.3 is 44.6 Å². The summed E-state index contributed by atoms with van der Waals surface area (Å²) in [5, 5.41) is 6.89. The van der Waals surface area contributed by atoms with Gasteiger partial charge in [0.2, 0.25) is 11.8 Å². The van der Waals surface area contributed by atoms with Crippen LogP contribution in [0.2, 0.25) is 0 Å². The average Bonchev–Trinajstić information content (AvgIpc) is 3.84. The van der Waals surface area contributed by atoms with Gasteiger partial charge >= 0.3 is 12.2 Å². The molecule has 0 unspecified atom stereocenters. The summed E-state index contributed by atoms with van der Waals surface area (Å²) in [7, 11) is 2.52. The van der Waals surface area contributed by atoms with Crippen LogP contribution in [0.25, 0.3) is 44.2 Å². The van der Waals surface area contributed by atoms with Crippen molar-refractivity contribution in [1.29, 1.82) is 0 Å². The number of hydrogen-bond acceptors (Lipinski definition) is 9. The summed E-state index contributed by atoms with van der Waals surface area (Å²) in [6, 6.07) is 14.4. The molecule has 4 amide bonds.